The van der Waals surface area contributed by atoms with Crippen LogP contribution in [0.3, 0.4) is 0 Å². The zero-order valence-electron chi connectivity index (χ0n) is 12.2. The molecule has 0 spiro atoms. The van der Waals surface area contributed by atoms with Crippen molar-refractivity contribution in [3.05, 3.63) is 36.0 Å². The molecule has 0 atom stereocenters. The van der Waals surface area contributed by atoms with Gasteiger partial charge in [-0.3, -0.25) is 0 Å². The lowest BCUT2D eigenvalue weighted by Crippen LogP contribution is -2.44. The van der Waals surface area contributed by atoms with Crippen molar-refractivity contribution >= 4 is 20.9 Å². The van der Waals surface area contributed by atoms with E-state index in [0.29, 0.717) is 19.1 Å². The van der Waals surface area contributed by atoms with Crippen LogP contribution in [0.4, 0.5) is 0 Å². The van der Waals surface area contributed by atoms with Crippen LogP contribution in [-0.2, 0) is 16.6 Å². The van der Waals surface area contributed by atoms with Gasteiger partial charge in [-0.25, -0.2) is 12.7 Å². The summed E-state index contributed by atoms with van der Waals surface area (Å²) in [6, 6.07) is 8.87. The molecule has 1 aliphatic rings. The predicted molar refractivity (Wildman–Crippen MR) is 84.6 cm³/mol. The van der Waals surface area contributed by atoms with Gasteiger partial charge in [0.2, 0.25) is 10.0 Å². The minimum absolute atomic E-state index is 0.393. The van der Waals surface area contributed by atoms with E-state index in [2.05, 4.69) is 34.6 Å². The molecule has 2 heterocycles. The second-order valence-corrected chi connectivity index (χ2v) is 7.70. The molecule has 5 nitrogen and oxygen atoms in total. The maximum Gasteiger partial charge on any atom is 0.211 e. The lowest BCUT2D eigenvalue weighted by atomic mass is 10.1. The average Bonchev–Trinajstić information content (AvgIpc) is 2.92. The van der Waals surface area contributed by atoms with Crippen molar-refractivity contribution in [1.82, 2.24) is 14.6 Å². The fourth-order valence-corrected chi connectivity index (χ4v) is 3.74. The Hall–Kier alpha value is -1.37. The highest BCUT2D eigenvalue weighted by atomic mass is 32.2. The fourth-order valence-electron chi connectivity index (χ4n) is 2.87. The van der Waals surface area contributed by atoms with Crippen LogP contribution in [0.1, 0.15) is 18.4 Å². The van der Waals surface area contributed by atoms with E-state index in [1.807, 2.05) is 6.20 Å². The van der Waals surface area contributed by atoms with Crippen molar-refractivity contribution in [3.8, 4) is 0 Å². The molecule has 1 fully saturated rings. The molecule has 21 heavy (non-hydrogen) atoms. The van der Waals surface area contributed by atoms with Gasteiger partial charge in [-0.05, 0) is 42.0 Å². The molecule has 0 aliphatic carbocycles. The van der Waals surface area contributed by atoms with Gasteiger partial charge in [-0.1, -0.05) is 6.07 Å². The molecule has 1 saturated heterocycles. The summed E-state index contributed by atoms with van der Waals surface area (Å²) in [7, 11) is -3.03. The summed E-state index contributed by atoms with van der Waals surface area (Å²) in [5.74, 6) is 0. The van der Waals surface area contributed by atoms with Crippen molar-refractivity contribution in [2.75, 3.05) is 19.3 Å². The quantitative estimate of drug-likeness (QED) is 0.903. The summed E-state index contributed by atoms with van der Waals surface area (Å²) < 4.78 is 24.5. The molecule has 3 rings (SSSR count). The zero-order chi connectivity index (χ0) is 14.9. The highest BCUT2D eigenvalue weighted by molar-refractivity contribution is 7.88. The van der Waals surface area contributed by atoms with Gasteiger partial charge in [0.1, 0.15) is 0 Å². The molecule has 0 radical (unpaired) electrons. The summed E-state index contributed by atoms with van der Waals surface area (Å²) in [4.78, 5) is 3.19. The topological polar surface area (TPSA) is 65.2 Å². The first-order valence-electron chi connectivity index (χ1n) is 7.27. The summed E-state index contributed by atoms with van der Waals surface area (Å²) in [6.07, 6.45) is 4.98. The van der Waals surface area contributed by atoms with E-state index in [-0.39, 0.29) is 0 Å². The van der Waals surface area contributed by atoms with Crippen LogP contribution < -0.4 is 5.32 Å². The average molecular weight is 307 g/mol. The molecule has 6 heteroatoms. The molecular weight excluding hydrogens is 286 g/mol. The minimum Gasteiger partial charge on any atom is -0.361 e. The molecule has 2 aromatic rings. The van der Waals surface area contributed by atoms with Gasteiger partial charge in [0.05, 0.1) is 6.26 Å². The Morgan fingerprint density at radius 2 is 2.05 bits per heavy atom. The third-order valence-corrected chi connectivity index (χ3v) is 5.44. The second-order valence-electron chi connectivity index (χ2n) is 5.72. The zero-order valence-corrected chi connectivity index (χ0v) is 13.0. The number of hydrogen-bond acceptors (Lipinski definition) is 3. The van der Waals surface area contributed by atoms with Crippen LogP contribution in [0.5, 0.6) is 0 Å². The normalized spacial score (nSPS) is 18.3. The Balaban J connectivity index is 1.54. The Morgan fingerprint density at radius 1 is 1.29 bits per heavy atom. The minimum atomic E-state index is -3.03. The van der Waals surface area contributed by atoms with E-state index < -0.39 is 10.0 Å². The molecule has 0 unspecified atom stereocenters. The number of fused-ring (bicyclic) bond motifs is 1. The monoisotopic (exact) mass is 307 g/mol. The molecule has 1 aliphatic heterocycles. The third kappa shape index (κ3) is 3.45. The van der Waals surface area contributed by atoms with Crippen molar-refractivity contribution in [1.29, 1.82) is 0 Å². The van der Waals surface area contributed by atoms with E-state index in [1.54, 1.807) is 4.31 Å². The Labute approximate surface area is 125 Å². The van der Waals surface area contributed by atoms with Gasteiger partial charge in [0.15, 0.2) is 0 Å². The molecule has 2 N–H and O–H groups in total. The first-order chi connectivity index (χ1) is 10.0. The number of piperidine rings is 1. The number of sulfonamides is 1. The number of benzene rings is 1. The first kappa shape index (κ1) is 14.6. The van der Waals surface area contributed by atoms with E-state index >= 15 is 0 Å². The Morgan fingerprint density at radius 3 is 2.76 bits per heavy atom. The Kier molecular flexibility index (Phi) is 4.01. The van der Waals surface area contributed by atoms with Gasteiger partial charge >= 0.3 is 0 Å². The fraction of sp³-hybridized carbons (Fsp3) is 0.467. The number of hydrogen-bond donors (Lipinski definition) is 2. The molecule has 0 bridgehead atoms. The van der Waals surface area contributed by atoms with Crippen molar-refractivity contribution < 1.29 is 8.42 Å². The molecule has 1 aromatic carbocycles. The maximum atomic E-state index is 11.5. The molecule has 0 saturated carbocycles. The number of aromatic amines is 1. The van der Waals surface area contributed by atoms with Crippen LogP contribution in [-0.4, -0.2) is 43.1 Å². The van der Waals surface area contributed by atoms with Crippen LogP contribution >= 0.6 is 0 Å². The Bertz CT molecular complexity index is 715. The molecular formula is C15H21N3O2S. The first-order valence-corrected chi connectivity index (χ1v) is 9.12. The number of aromatic nitrogens is 1. The number of rotatable bonds is 4. The van der Waals surface area contributed by atoms with Gasteiger partial charge in [0, 0.05) is 37.4 Å². The van der Waals surface area contributed by atoms with Crippen LogP contribution in [0.2, 0.25) is 0 Å². The predicted octanol–water partition coefficient (Wildman–Crippen LogP) is 1.68. The molecule has 1 aromatic heterocycles. The van der Waals surface area contributed by atoms with E-state index in [0.717, 1.165) is 24.9 Å². The smallest absolute Gasteiger partial charge is 0.211 e. The number of nitrogens with one attached hydrogen (secondary N) is 2. The summed E-state index contributed by atoms with van der Waals surface area (Å²) >= 11 is 0. The number of nitrogens with zero attached hydrogens (tertiary/aromatic N) is 1. The van der Waals surface area contributed by atoms with Crippen LogP contribution in [0, 0.1) is 0 Å². The number of H-pyrrole nitrogens is 1. The highest BCUT2D eigenvalue weighted by Crippen LogP contribution is 2.16. The lowest BCUT2D eigenvalue weighted by molar-refractivity contribution is 0.290. The molecule has 114 valence electrons. The van der Waals surface area contributed by atoms with Gasteiger partial charge in [-0.2, -0.15) is 0 Å². The summed E-state index contributed by atoms with van der Waals surface area (Å²) in [6.45, 7) is 2.06. The van der Waals surface area contributed by atoms with Crippen LogP contribution in [0.15, 0.2) is 30.5 Å². The van der Waals surface area contributed by atoms with Crippen LogP contribution in [0.25, 0.3) is 10.9 Å². The van der Waals surface area contributed by atoms with Gasteiger partial charge < -0.3 is 10.3 Å². The summed E-state index contributed by atoms with van der Waals surface area (Å²) in [5.41, 5.74) is 2.41. The van der Waals surface area contributed by atoms with Gasteiger partial charge in [-0.15, -0.1) is 0 Å². The molecule has 0 amide bonds. The standard InChI is InChI=1S/C15H21N3O2S/c1-21(19,20)18-8-5-14(6-9-18)17-11-12-2-3-15-13(10-12)4-7-16-15/h2-4,7,10,14,16-17H,5-6,8-9,11H2,1H3. The van der Waals surface area contributed by atoms with E-state index in [9.17, 15) is 8.42 Å². The largest absolute Gasteiger partial charge is 0.361 e. The maximum absolute atomic E-state index is 11.5. The third-order valence-electron chi connectivity index (χ3n) is 4.14. The van der Waals surface area contributed by atoms with Crippen molar-refractivity contribution in [2.24, 2.45) is 0 Å². The van der Waals surface area contributed by atoms with E-state index in [4.69, 9.17) is 0 Å². The van der Waals surface area contributed by atoms with Crippen molar-refractivity contribution in [3.63, 3.8) is 0 Å². The SMILES string of the molecule is CS(=O)(=O)N1CCC(NCc2ccc3[nH]ccc3c2)CC1. The second kappa shape index (κ2) is 5.79. The van der Waals surface area contributed by atoms with Crippen molar-refractivity contribution in [2.45, 2.75) is 25.4 Å². The highest BCUT2D eigenvalue weighted by Gasteiger charge is 2.24. The summed E-state index contributed by atoms with van der Waals surface area (Å²) in [5, 5.41) is 4.76. The van der Waals surface area contributed by atoms with E-state index in [1.165, 1.54) is 17.2 Å². The van der Waals surface area contributed by atoms with Gasteiger partial charge in [0.25, 0.3) is 0 Å². The lowest BCUT2D eigenvalue weighted by Gasteiger charge is -2.30.